The van der Waals surface area contributed by atoms with E-state index in [4.69, 9.17) is 28.4 Å². The molecule has 0 bridgehead atoms. The van der Waals surface area contributed by atoms with Gasteiger partial charge in [-0.05, 0) is 138 Å². The molecule has 2 aliphatic heterocycles. The first-order valence-corrected chi connectivity index (χ1v) is 34.1. The molecule has 1 aliphatic carbocycles. The van der Waals surface area contributed by atoms with Gasteiger partial charge < -0.3 is 53.5 Å². The Hall–Kier alpha value is -12.7. The molecule has 538 valence electrons. The molecule has 10 aromatic rings. The van der Waals surface area contributed by atoms with Crippen LogP contribution in [0.3, 0.4) is 0 Å². The van der Waals surface area contributed by atoms with Crippen molar-refractivity contribution in [2.45, 2.75) is 71.6 Å². The highest BCUT2D eigenvalue weighted by atomic mass is 16.5. The van der Waals surface area contributed by atoms with Crippen molar-refractivity contribution in [2.24, 2.45) is 0 Å². The van der Waals surface area contributed by atoms with Gasteiger partial charge in [-0.2, -0.15) is 5.10 Å². The van der Waals surface area contributed by atoms with Crippen molar-refractivity contribution in [3.63, 3.8) is 0 Å². The molecule has 105 heavy (non-hydrogen) atoms. The number of hydrogen-bond donors (Lipinski definition) is 3. The molecule has 0 radical (unpaired) electrons. The quantitative estimate of drug-likeness (QED) is 0.0502. The van der Waals surface area contributed by atoms with Crippen LogP contribution >= 0.6 is 0 Å². The van der Waals surface area contributed by atoms with Crippen molar-refractivity contribution in [3.8, 4) is 74.5 Å². The molecule has 22 nitrogen and oxygen atoms in total. The Balaban J connectivity index is 0.000000150. The number of methoxy groups -OCH3 is 2. The van der Waals surface area contributed by atoms with Gasteiger partial charge in [0.1, 0.15) is 72.4 Å². The van der Waals surface area contributed by atoms with Crippen molar-refractivity contribution in [3.05, 3.63) is 256 Å². The number of amides is 2. The molecule has 6 aromatic carbocycles. The summed E-state index contributed by atoms with van der Waals surface area (Å²) < 4.78 is 35.6. The summed E-state index contributed by atoms with van der Waals surface area (Å²) in [5.41, 5.74) is 12.7. The molecule has 0 spiro atoms. The van der Waals surface area contributed by atoms with Gasteiger partial charge in [-0.25, -0.2) is 4.98 Å². The molecule has 3 N–H and O–H groups in total. The summed E-state index contributed by atoms with van der Waals surface area (Å²) in [6.07, 6.45) is 15.5. The monoisotopic (exact) mass is 1420 g/mol. The average Bonchev–Trinajstić information content (AvgIpc) is 1.69. The van der Waals surface area contributed by atoms with Crippen LogP contribution < -0.4 is 28.4 Å². The zero-order chi connectivity index (χ0) is 74.0. The summed E-state index contributed by atoms with van der Waals surface area (Å²) in [6.45, 7) is 6.54. The topological polar surface area (TPSA) is 281 Å². The second kappa shape index (κ2) is 37.3. The Labute approximate surface area is 608 Å². The molecule has 13 rings (SSSR count). The number of benzene rings is 6. The zero-order valence-electron chi connectivity index (χ0n) is 58.7. The molecule has 0 unspecified atom stereocenters. The Kier molecular flexibility index (Phi) is 26.6. The lowest BCUT2D eigenvalue weighted by Gasteiger charge is -2.30. The van der Waals surface area contributed by atoms with Crippen LogP contribution in [0, 0.1) is 0 Å². The van der Waals surface area contributed by atoms with E-state index in [1.807, 2.05) is 126 Å². The highest BCUT2D eigenvalue weighted by molar-refractivity contribution is 5.86. The molecule has 3 aliphatic rings. The predicted molar refractivity (Wildman–Crippen MR) is 396 cm³/mol. The van der Waals surface area contributed by atoms with Crippen LogP contribution in [0.25, 0.3) is 33.8 Å². The number of carbonyl (C=O) groups excluding carboxylic acids is 6. The molecule has 22 heteroatoms. The number of carbonyl (C=O) groups is 6. The lowest BCUT2D eigenvalue weighted by Crippen LogP contribution is -2.36. The van der Waals surface area contributed by atoms with Crippen molar-refractivity contribution >= 4 is 48.1 Å². The molecular weight excluding hydrogens is 1330 g/mol. The van der Waals surface area contributed by atoms with E-state index in [1.165, 1.54) is 50.4 Å². The summed E-state index contributed by atoms with van der Waals surface area (Å²) in [6, 6.07) is 53.4. The lowest BCUT2D eigenvalue weighted by atomic mass is 9.93. The minimum absolute atomic E-state index is 0.0283. The summed E-state index contributed by atoms with van der Waals surface area (Å²) in [4.78, 5) is 85.2. The summed E-state index contributed by atoms with van der Waals surface area (Å²) in [5.74, 6) is 2.36. The summed E-state index contributed by atoms with van der Waals surface area (Å²) in [7, 11) is 3.12. The van der Waals surface area contributed by atoms with Gasteiger partial charge in [-0.3, -0.25) is 43.4 Å². The van der Waals surface area contributed by atoms with Gasteiger partial charge in [0.05, 0.1) is 65.8 Å². The smallest absolute Gasteiger partial charge is 0.219 e. The second-order valence-electron chi connectivity index (χ2n) is 24.6. The van der Waals surface area contributed by atoms with E-state index in [0.29, 0.717) is 105 Å². The molecule has 0 saturated heterocycles. The van der Waals surface area contributed by atoms with Crippen LogP contribution in [0.4, 0.5) is 0 Å². The van der Waals surface area contributed by atoms with Crippen LogP contribution in [0.15, 0.2) is 212 Å². The first kappa shape index (κ1) is 75.0. The molecular formula is C83H81N7O15. The van der Waals surface area contributed by atoms with Gasteiger partial charge in [0, 0.05) is 81.4 Å². The number of ether oxygens (including phenoxy) is 6. The normalized spacial score (nSPS) is 13.3. The number of phenols is 3. The van der Waals surface area contributed by atoms with Crippen LogP contribution in [0.5, 0.6) is 51.9 Å². The molecule has 6 heterocycles. The number of hydrogen-bond acceptors (Lipinski definition) is 19. The van der Waals surface area contributed by atoms with Gasteiger partial charge in [0.2, 0.25) is 17.7 Å². The molecule has 0 atom stereocenters. The number of rotatable bonds is 23. The SMILES string of the molecule is CC(=O)N1CCC(COc2cccc(O)c2C=O)=C(c2ccccc2)C1.CC(=O)N1CCC(c2ccccc2)=C(COc2cccc(O)c2C=O)C1.COc1ccc(-c2ncccc2COc2cnc(OC)cc2C=O)cc1.O=Cc1c(O)cccc1OCc1cccnc1-c1ccnn1C1CCCC1. The summed E-state index contributed by atoms with van der Waals surface area (Å²) >= 11 is 0. The fourth-order valence-corrected chi connectivity index (χ4v) is 12.4. The van der Waals surface area contributed by atoms with E-state index in [0.717, 1.165) is 92.2 Å². The number of aromatic hydroxyl groups is 3. The second-order valence-corrected chi connectivity index (χ2v) is 24.6. The minimum Gasteiger partial charge on any atom is -0.507 e. The fourth-order valence-electron chi connectivity index (χ4n) is 12.4. The molecule has 1 fully saturated rings. The highest BCUT2D eigenvalue weighted by Crippen LogP contribution is 2.37. The lowest BCUT2D eigenvalue weighted by molar-refractivity contribution is -0.129. The van der Waals surface area contributed by atoms with Crippen LogP contribution in [0.2, 0.25) is 0 Å². The number of nitrogens with zero attached hydrogens (tertiary/aromatic N) is 7. The van der Waals surface area contributed by atoms with E-state index in [1.54, 1.807) is 74.6 Å². The van der Waals surface area contributed by atoms with Crippen LogP contribution in [-0.4, -0.2) is 140 Å². The fraction of sp³-hybridized carbons (Fsp3) is 0.229. The number of aldehydes is 4. The number of pyridine rings is 3. The van der Waals surface area contributed by atoms with Crippen molar-refractivity contribution < 1.29 is 72.5 Å². The Bertz CT molecular complexity index is 4710. The Morgan fingerprint density at radius 3 is 1.51 bits per heavy atom. The average molecular weight is 1420 g/mol. The minimum atomic E-state index is -0.108. The van der Waals surface area contributed by atoms with E-state index < -0.39 is 0 Å². The maximum atomic E-state index is 11.8. The van der Waals surface area contributed by atoms with Crippen molar-refractivity contribution in [2.75, 3.05) is 53.6 Å². The van der Waals surface area contributed by atoms with Crippen LogP contribution in [-0.2, 0) is 22.8 Å². The Morgan fingerprint density at radius 1 is 0.476 bits per heavy atom. The largest absolute Gasteiger partial charge is 0.507 e. The van der Waals surface area contributed by atoms with E-state index >= 15 is 0 Å². The van der Waals surface area contributed by atoms with Gasteiger partial charge in [0.25, 0.3) is 0 Å². The third kappa shape index (κ3) is 19.5. The number of aromatic nitrogens is 5. The zero-order valence-corrected chi connectivity index (χ0v) is 58.7. The van der Waals surface area contributed by atoms with Crippen molar-refractivity contribution in [1.82, 2.24) is 34.5 Å². The van der Waals surface area contributed by atoms with Gasteiger partial charge in [-0.15, -0.1) is 0 Å². The van der Waals surface area contributed by atoms with E-state index in [9.17, 15) is 44.1 Å². The van der Waals surface area contributed by atoms with E-state index in [-0.39, 0.29) is 65.6 Å². The predicted octanol–water partition coefficient (Wildman–Crippen LogP) is 14.3. The van der Waals surface area contributed by atoms with E-state index in [2.05, 4.69) is 24.7 Å². The van der Waals surface area contributed by atoms with Crippen molar-refractivity contribution in [1.29, 1.82) is 0 Å². The van der Waals surface area contributed by atoms with Gasteiger partial charge in [-0.1, -0.05) is 104 Å². The first-order chi connectivity index (χ1) is 51.2. The standard InChI is InChI=1S/C21H21N3O3.2C21H21NO4.C20H18N2O4/c25-13-17-19(26)8-3-9-20(17)27-14-15-5-4-11-22-21(15)18-10-12-23-24(18)16-6-1-2-7-16;1-15(24)22-11-10-18(16-6-3-2-4-7-16)17(12-22)14-26-21-9-5-8-20(25)19(21)13-23;1-15(24)22-11-10-17(18(12-22)16-6-3-2-4-7-16)14-26-21-9-5-8-20(25)19(21)13-23;1-24-17-7-5-14(6-8-17)20-15(4-3-9-21-20)13-26-18-11-22-19(25-2)10-16(18)12-23/h3-5,8-13,16,26H,1-2,6-7,14H2;2*2-9,13,25H,10-12,14H2,1H3;3-12H,13H2,1-2H3. The molecule has 1 saturated carbocycles. The third-order valence-corrected chi connectivity index (χ3v) is 18.0. The molecule has 4 aromatic heterocycles. The maximum absolute atomic E-state index is 11.8. The first-order valence-electron chi connectivity index (χ1n) is 34.1. The molecule has 2 amide bonds. The Morgan fingerprint density at radius 2 is 0.981 bits per heavy atom. The van der Waals surface area contributed by atoms with Gasteiger partial charge in [0.15, 0.2) is 25.1 Å². The van der Waals surface area contributed by atoms with Crippen LogP contribution in [0.1, 0.15) is 122 Å². The highest BCUT2D eigenvalue weighted by Gasteiger charge is 2.26. The number of phenolic OH excluding ortho intramolecular Hbond substituents is 3. The maximum Gasteiger partial charge on any atom is 0.219 e. The summed E-state index contributed by atoms with van der Waals surface area (Å²) in [5, 5.41) is 33.9. The van der Waals surface area contributed by atoms with Gasteiger partial charge >= 0.3 is 0 Å². The third-order valence-electron chi connectivity index (χ3n) is 18.0.